The maximum absolute atomic E-state index is 12.1. The van der Waals surface area contributed by atoms with Crippen LogP contribution in [0.3, 0.4) is 0 Å². The average molecular weight is 429 g/mol. The molecule has 2 heterocycles. The Labute approximate surface area is 179 Å². The molecule has 3 rings (SSSR count). The molecule has 0 saturated carbocycles. The summed E-state index contributed by atoms with van der Waals surface area (Å²) in [5, 5.41) is 18.9. The molecule has 1 aromatic carbocycles. The molecule has 0 aliphatic carbocycles. The number of ether oxygens (including phenoxy) is 1. The van der Waals surface area contributed by atoms with Gasteiger partial charge in [-0.05, 0) is 63.0 Å². The van der Waals surface area contributed by atoms with Gasteiger partial charge in [-0.3, -0.25) is 4.79 Å². The Morgan fingerprint density at radius 2 is 1.65 bits per heavy atom. The fraction of sp³-hybridized carbons (Fsp3) is 0.409. The third-order valence-corrected chi connectivity index (χ3v) is 5.40. The van der Waals surface area contributed by atoms with E-state index in [1.54, 1.807) is 12.1 Å². The van der Waals surface area contributed by atoms with Crippen LogP contribution in [0.5, 0.6) is 5.75 Å². The molecule has 2 aromatic rings. The molecule has 1 aliphatic heterocycles. The number of carboxylic acid groups (broad SMARTS) is 2. The van der Waals surface area contributed by atoms with Crippen molar-refractivity contribution in [2.75, 3.05) is 32.0 Å². The summed E-state index contributed by atoms with van der Waals surface area (Å²) in [6.07, 6.45) is 5.83. The molecule has 0 spiro atoms. The number of carbonyl (C=O) groups is 2. The Morgan fingerprint density at radius 3 is 2.26 bits per heavy atom. The van der Waals surface area contributed by atoms with E-state index in [0.29, 0.717) is 12.4 Å². The smallest absolute Gasteiger partial charge is 0.342 e. The number of nitrogens with two attached hydrogens (primary N) is 1. The number of carboxylic acids is 2. The number of nitrogens with zero attached hydrogens (tertiary/aromatic N) is 1. The number of H-pyrrole nitrogens is 1. The summed E-state index contributed by atoms with van der Waals surface area (Å²) in [7, 11) is 0. The van der Waals surface area contributed by atoms with Gasteiger partial charge >= 0.3 is 11.9 Å². The normalized spacial score (nSPS) is 14.3. The van der Waals surface area contributed by atoms with Crippen molar-refractivity contribution in [3.63, 3.8) is 0 Å². The summed E-state index contributed by atoms with van der Waals surface area (Å²) in [5.74, 6) is -2.78. The molecule has 0 atom stereocenters. The Morgan fingerprint density at radius 1 is 1.00 bits per heavy atom. The summed E-state index contributed by atoms with van der Waals surface area (Å²) in [4.78, 5) is 39.9. The highest BCUT2D eigenvalue weighted by Gasteiger charge is 2.26. The van der Waals surface area contributed by atoms with Crippen molar-refractivity contribution >= 4 is 17.8 Å². The summed E-state index contributed by atoms with van der Waals surface area (Å²) < 4.78 is 5.75. The maximum Gasteiger partial charge on any atom is 0.342 e. The van der Waals surface area contributed by atoms with Gasteiger partial charge in [0, 0.05) is 5.56 Å². The van der Waals surface area contributed by atoms with Crippen LogP contribution in [-0.4, -0.2) is 58.3 Å². The lowest BCUT2D eigenvalue weighted by Crippen LogP contribution is -2.30. The van der Waals surface area contributed by atoms with Crippen molar-refractivity contribution in [3.8, 4) is 16.9 Å². The Kier molecular flexibility index (Phi) is 7.30. The van der Waals surface area contributed by atoms with Crippen LogP contribution in [0.2, 0.25) is 0 Å². The Balaban J connectivity index is 1.69. The minimum Gasteiger partial charge on any atom is -0.494 e. The first-order valence-corrected chi connectivity index (χ1v) is 10.4. The second-order valence-corrected chi connectivity index (χ2v) is 7.59. The summed E-state index contributed by atoms with van der Waals surface area (Å²) in [6, 6.07) is 6.29. The van der Waals surface area contributed by atoms with Crippen molar-refractivity contribution < 1.29 is 24.5 Å². The number of aromatic nitrogens is 1. The van der Waals surface area contributed by atoms with Gasteiger partial charge in [0.1, 0.15) is 22.7 Å². The molecule has 0 radical (unpaired) electrons. The second kappa shape index (κ2) is 10.1. The summed E-state index contributed by atoms with van der Waals surface area (Å²) in [5.41, 5.74) is 3.59. The van der Waals surface area contributed by atoms with E-state index in [1.165, 1.54) is 44.5 Å². The van der Waals surface area contributed by atoms with E-state index in [0.717, 1.165) is 19.4 Å². The predicted octanol–water partition coefficient (Wildman–Crippen LogP) is 2.67. The zero-order valence-electron chi connectivity index (χ0n) is 17.2. The SMILES string of the molecule is Nc1[nH]c(=O)c(C(=O)O)c(-c2ccc(OCCCCN3CCCCC3)cc2)c1C(=O)O. The number of pyridine rings is 1. The van der Waals surface area contributed by atoms with Gasteiger partial charge < -0.3 is 30.6 Å². The Bertz CT molecular complexity index is 994. The number of piperidine rings is 1. The lowest BCUT2D eigenvalue weighted by molar-refractivity contribution is 0.0695. The second-order valence-electron chi connectivity index (χ2n) is 7.59. The largest absolute Gasteiger partial charge is 0.494 e. The average Bonchev–Trinajstić information content (AvgIpc) is 2.73. The molecule has 1 saturated heterocycles. The molecule has 5 N–H and O–H groups in total. The highest BCUT2D eigenvalue weighted by atomic mass is 16.5. The van der Waals surface area contributed by atoms with Gasteiger partial charge in [0.05, 0.1) is 6.61 Å². The van der Waals surface area contributed by atoms with Crippen LogP contribution >= 0.6 is 0 Å². The highest BCUT2D eigenvalue weighted by Crippen LogP contribution is 2.30. The quantitative estimate of drug-likeness (QED) is 0.445. The van der Waals surface area contributed by atoms with E-state index in [4.69, 9.17) is 10.5 Å². The number of nitrogen functional groups attached to an aromatic ring is 1. The van der Waals surface area contributed by atoms with Crippen molar-refractivity contribution in [2.24, 2.45) is 0 Å². The molecule has 1 fully saturated rings. The van der Waals surface area contributed by atoms with Crippen LogP contribution < -0.4 is 16.0 Å². The monoisotopic (exact) mass is 429 g/mol. The molecule has 1 aliphatic rings. The van der Waals surface area contributed by atoms with Gasteiger partial charge in [0.25, 0.3) is 5.56 Å². The lowest BCUT2D eigenvalue weighted by Gasteiger charge is -2.26. The Hall–Kier alpha value is -3.33. The topological polar surface area (TPSA) is 146 Å². The van der Waals surface area contributed by atoms with Crippen LogP contribution in [0.4, 0.5) is 5.82 Å². The number of aromatic carboxylic acids is 2. The zero-order valence-corrected chi connectivity index (χ0v) is 17.2. The van der Waals surface area contributed by atoms with Crippen molar-refractivity contribution in [3.05, 3.63) is 45.7 Å². The van der Waals surface area contributed by atoms with Crippen LogP contribution in [-0.2, 0) is 0 Å². The van der Waals surface area contributed by atoms with Gasteiger partial charge in [0.2, 0.25) is 0 Å². The molecular formula is C22H27N3O6. The zero-order chi connectivity index (χ0) is 22.4. The maximum atomic E-state index is 12.1. The number of rotatable bonds is 9. The molecular weight excluding hydrogens is 402 g/mol. The number of benzene rings is 1. The summed E-state index contributed by atoms with van der Waals surface area (Å²) in [6.45, 7) is 3.96. The van der Waals surface area contributed by atoms with Crippen molar-refractivity contribution in [1.29, 1.82) is 0 Å². The van der Waals surface area contributed by atoms with Crippen LogP contribution in [0.1, 0.15) is 52.8 Å². The highest BCUT2D eigenvalue weighted by molar-refractivity contribution is 6.07. The molecule has 31 heavy (non-hydrogen) atoms. The lowest BCUT2D eigenvalue weighted by atomic mass is 9.95. The van der Waals surface area contributed by atoms with Gasteiger partial charge in [0.15, 0.2) is 0 Å². The third kappa shape index (κ3) is 5.43. The molecule has 0 amide bonds. The molecule has 9 heteroatoms. The minimum atomic E-state index is -1.53. The number of hydrogen-bond donors (Lipinski definition) is 4. The van der Waals surface area contributed by atoms with E-state index >= 15 is 0 Å². The predicted molar refractivity (Wildman–Crippen MR) is 116 cm³/mol. The first-order chi connectivity index (χ1) is 14.9. The molecule has 166 valence electrons. The minimum absolute atomic E-state index is 0.227. The van der Waals surface area contributed by atoms with Gasteiger partial charge in [-0.1, -0.05) is 18.6 Å². The van der Waals surface area contributed by atoms with E-state index in [-0.39, 0.29) is 11.1 Å². The van der Waals surface area contributed by atoms with E-state index in [2.05, 4.69) is 9.88 Å². The first kappa shape index (κ1) is 22.4. The van der Waals surface area contributed by atoms with Crippen LogP contribution in [0.25, 0.3) is 11.1 Å². The standard InChI is InChI=1S/C22H27N3O6/c23-19-17(21(27)28)16(18(22(29)30)20(26)24-19)14-6-8-15(9-7-14)31-13-5-4-12-25-10-2-1-3-11-25/h6-9H,1-5,10-13H2,(H,27,28)(H,29,30)(H3,23,24,26). The van der Waals surface area contributed by atoms with Crippen molar-refractivity contribution in [1.82, 2.24) is 9.88 Å². The molecule has 0 bridgehead atoms. The number of nitrogens with one attached hydrogen (secondary N) is 1. The number of likely N-dealkylation sites (tertiary alicyclic amines) is 1. The molecule has 9 nitrogen and oxygen atoms in total. The van der Waals surface area contributed by atoms with Gasteiger partial charge in [-0.15, -0.1) is 0 Å². The van der Waals surface area contributed by atoms with E-state index < -0.39 is 34.4 Å². The number of aromatic amines is 1. The van der Waals surface area contributed by atoms with Gasteiger partial charge in [-0.2, -0.15) is 0 Å². The van der Waals surface area contributed by atoms with E-state index in [1.807, 2.05) is 0 Å². The fourth-order valence-corrected chi connectivity index (χ4v) is 3.86. The summed E-state index contributed by atoms with van der Waals surface area (Å²) >= 11 is 0. The van der Waals surface area contributed by atoms with Gasteiger partial charge in [-0.25, -0.2) is 9.59 Å². The molecule has 1 aromatic heterocycles. The first-order valence-electron chi connectivity index (χ1n) is 10.4. The number of anilines is 1. The van der Waals surface area contributed by atoms with Crippen LogP contribution in [0.15, 0.2) is 29.1 Å². The van der Waals surface area contributed by atoms with E-state index in [9.17, 15) is 24.6 Å². The van der Waals surface area contributed by atoms with Crippen molar-refractivity contribution in [2.45, 2.75) is 32.1 Å². The number of unbranched alkanes of at least 4 members (excludes halogenated alkanes) is 1. The number of hydrogen-bond acceptors (Lipinski definition) is 6. The third-order valence-electron chi connectivity index (χ3n) is 5.40. The fourth-order valence-electron chi connectivity index (χ4n) is 3.86. The molecule has 0 unspecified atom stereocenters. The van der Waals surface area contributed by atoms with Crippen LogP contribution in [0, 0.1) is 0 Å².